The molecule has 0 bridgehead atoms. The van der Waals surface area contributed by atoms with Crippen LogP contribution in [0.1, 0.15) is 12.5 Å². The molecule has 0 heterocycles. The van der Waals surface area contributed by atoms with Gasteiger partial charge in [-0.25, -0.2) is 0 Å². The van der Waals surface area contributed by atoms with Gasteiger partial charge in [-0.1, -0.05) is 105 Å². The number of hydrogen-bond donors (Lipinski definition) is 0. The molecule has 0 atom stereocenters. The smallest absolute Gasteiger partial charge is 0.165 e. The molecule has 6 aromatic carbocycles. The first-order valence-electron chi connectivity index (χ1n) is 12.6. The zero-order valence-electron chi connectivity index (χ0n) is 22.1. The van der Waals surface area contributed by atoms with Crippen molar-refractivity contribution < 1.29 is 21.7 Å². The van der Waals surface area contributed by atoms with Crippen LogP contribution in [0.25, 0.3) is 21.5 Å². The van der Waals surface area contributed by atoms with Gasteiger partial charge in [0.2, 0.25) is 0 Å². The number of hydrogen-bond acceptors (Lipinski definition) is 0. The average molecular weight is 545 g/mol. The Morgan fingerprint density at radius 1 is 0.632 bits per heavy atom. The van der Waals surface area contributed by atoms with Gasteiger partial charge < -0.3 is 0 Å². The molecule has 0 aliphatic carbocycles. The van der Waals surface area contributed by atoms with Gasteiger partial charge in [0, 0.05) is 0 Å². The van der Waals surface area contributed by atoms with Crippen LogP contribution in [0.5, 0.6) is 0 Å². The second kappa shape index (κ2) is 15.2. The van der Waals surface area contributed by atoms with Crippen LogP contribution in [0, 0.1) is 6.92 Å². The van der Waals surface area contributed by atoms with E-state index in [1.54, 1.807) is 6.08 Å². The van der Waals surface area contributed by atoms with Gasteiger partial charge in [0.1, 0.15) is 0 Å². The fourth-order valence-corrected chi connectivity index (χ4v) is 6.68. The quantitative estimate of drug-likeness (QED) is 0.0900. The van der Waals surface area contributed by atoms with Crippen molar-refractivity contribution in [1.29, 1.82) is 0 Å². The van der Waals surface area contributed by atoms with Gasteiger partial charge in [0.15, 0.2) is 0 Å². The molecule has 0 unspecified atom stereocenters. The van der Waals surface area contributed by atoms with Crippen LogP contribution >= 0.6 is 7.92 Å². The number of allylic oxidation sites excluding steroid dienone is 3. The van der Waals surface area contributed by atoms with Gasteiger partial charge in [0.25, 0.3) is 0 Å². The van der Waals surface area contributed by atoms with E-state index in [0.717, 1.165) is 0 Å². The fraction of sp³-hybridized carbons (Fsp3) is 0.0556. The molecule has 0 fully saturated rings. The van der Waals surface area contributed by atoms with E-state index in [9.17, 15) is 0 Å². The third-order valence-corrected chi connectivity index (χ3v) is 8.38. The Hall–Kier alpha value is -3.28. The van der Waals surface area contributed by atoms with E-state index >= 15 is 0 Å². The summed E-state index contributed by atoms with van der Waals surface area (Å²) in [5, 5.41) is 9.58. The number of aryl methyl sites for hydroxylation is 1. The van der Waals surface area contributed by atoms with E-state index in [0.29, 0.717) is 0 Å². The van der Waals surface area contributed by atoms with E-state index in [1.807, 2.05) is 19.1 Å². The van der Waals surface area contributed by atoms with Crippen molar-refractivity contribution in [2.24, 2.45) is 0 Å². The number of rotatable bonds is 4. The normalized spacial score (nSPS) is 10.4. The molecule has 186 valence electrons. The minimum absolute atomic E-state index is 0. The summed E-state index contributed by atoms with van der Waals surface area (Å²) in [6.45, 7) is 7.55. The van der Waals surface area contributed by atoms with Crippen molar-refractivity contribution in [3.05, 3.63) is 164 Å². The molecule has 0 nitrogen and oxygen atoms in total. The Kier molecular flexibility index (Phi) is 11.7. The van der Waals surface area contributed by atoms with E-state index in [-0.39, 0.29) is 21.7 Å². The Balaban J connectivity index is 0.000000208. The maximum atomic E-state index is 3.46. The van der Waals surface area contributed by atoms with Crippen molar-refractivity contribution in [2.45, 2.75) is 13.8 Å². The number of fused-ring (bicyclic) bond motifs is 2. The molecular weight excluding hydrogens is 511 g/mol. The summed E-state index contributed by atoms with van der Waals surface area (Å²) in [7, 11) is -0.493. The average Bonchev–Trinajstić information content (AvgIpc) is 3.54. The van der Waals surface area contributed by atoms with Crippen molar-refractivity contribution in [2.75, 3.05) is 0 Å². The topological polar surface area (TPSA) is 0 Å². The van der Waals surface area contributed by atoms with E-state index in [4.69, 9.17) is 0 Å². The van der Waals surface area contributed by atoms with Crippen molar-refractivity contribution in [1.82, 2.24) is 0 Å². The van der Waals surface area contributed by atoms with Crippen molar-refractivity contribution in [3.63, 3.8) is 0 Å². The summed E-state index contributed by atoms with van der Waals surface area (Å²) in [5.41, 5.74) is 1.35. The second-order valence-corrected chi connectivity index (χ2v) is 11.0. The Morgan fingerprint density at radius 3 is 1.55 bits per heavy atom. The molecule has 0 N–H and O–H groups in total. The summed E-state index contributed by atoms with van der Waals surface area (Å²) >= 11 is 0. The van der Waals surface area contributed by atoms with Crippen LogP contribution in [0.3, 0.4) is 0 Å². The van der Waals surface area contributed by atoms with Crippen LogP contribution in [-0.2, 0) is 21.7 Å². The zero-order chi connectivity index (χ0) is 25.9. The van der Waals surface area contributed by atoms with Gasteiger partial charge in [-0.3, -0.25) is 0 Å². The third kappa shape index (κ3) is 7.86. The molecule has 0 radical (unpaired) electrons. The first kappa shape index (κ1) is 29.3. The predicted molar refractivity (Wildman–Crippen MR) is 168 cm³/mol. The summed E-state index contributed by atoms with van der Waals surface area (Å²) < 4.78 is 0. The minimum atomic E-state index is -0.493. The van der Waals surface area contributed by atoms with Crippen LogP contribution in [0.4, 0.5) is 0 Å². The molecule has 6 aromatic rings. The SMILES string of the molecule is C=C/C=C/C.Cc1cc2ccccc2[cH-]1.[Ti+2].c1ccc(P(c2ccccc2)c2cc3ccccc3[cH-]2)cc1. The Morgan fingerprint density at radius 2 is 1.11 bits per heavy atom. The van der Waals surface area contributed by atoms with Gasteiger partial charge >= 0.3 is 21.7 Å². The molecule has 0 amide bonds. The van der Waals surface area contributed by atoms with Gasteiger partial charge in [-0.05, 0) is 25.5 Å². The van der Waals surface area contributed by atoms with Crippen LogP contribution in [0.2, 0.25) is 0 Å². The largest absolute Gasteiger partial charge is 2.00 e. The third-order valence-electron chi connectivity index (χ3n) is 5.98. The molecule has 0 aromatic heterocycles. The zero-order valence-corrected chi connectivity index (χ0v) is 24.5. The maximum absolute atomic E-state index is 3.46. The molecule has 0 saturated carbocycles. The van der Waals surface area contributed by atoms with Gasteiger partial charge in [-0.15, -0.1) is 80.9 Å². The summed E-state index contributed by atoms with van der Waals surface area (Å²) in [4.78, 5) is 0. The molecule has 0 aliphatic rings. The molecule has 38 heavy (non-hydrogen) atoms. The minimum Gasteiger partial charge on any atom is -0.165 e. The Labute approximate surface area is 243 Å². The maximum Gasteiger partial charge on any atom is 2.00 e. The molecule has 6 rings (SSSR count). The predicted octanol–water partition coefficient (Wildman–Crippen LogP) is 8.93. The number of benzene rings is 4. The van der Waals surface area contributed by atoms with Gasteiger partial charge in [-0.2, -0.15) is 12.1 Å². The van der Waals surface area contributed by atoms with E-state index in [1.165, 1.54) is 43.0 Å². The standard InChI is InChI=1S/C21H16P.C10H9.C5H8.Ti/c1-3-11-19(12-4-1)22(20-13-5-2-6-14-20)21-15-17-9-7-8-10-18(17)16-21;1-8-6-9-4-2-3-5-10(9)7-8;1-3-5-4-2;/h1-16H;2-7H,1H3;3-5H,1H2,2H3;/q2*-1;;+2/b;;5-4+;. The first-order valence-corrected chi connectivity index (χ1v) is 14.0. The molecule has 2 heteroatoms. The molecule has 0 saturated heterocycles. The van der Waals surface area contributed by atoms with E-state index < -0.39 is 7.92 Å². The molecule has 0 aliphatic heterocycles. The fourth-order valence-electron chi connectivity index (χ4n) is 4.31. The summed E-state index contributed by atoms with van der Waals surface area (Å²) in [6.07, 6.45) is 5.58. The first-order chi connectivity index (χ1) is 18.2. The summed E-state index contributed by atoms with van der Waals surface area (Å²) in [5.74, 6) is 0. The van der Waals surface area contributed by atoms with Crippen molar-refractivity contribution >= 4 is 45.4 Å². The van der Waals surface area contributed by atoms with Crippen LogP contribution in [0.15, 0.2) is 158 Å². The molecule has 0 spiro atoms. The van der Waals surface area contributed by atoms with Crippen molar-refractivity contribution in [3.8, 4) is 0 Å². The molecular formula is C36H33PTi. The summed E-state index contributed by atoms with van der Waals surface area (Å²) in [6, 6.07) is 47.8. The van der Waals surface area contributed by atoms with Crippen LogP contribution < -0.4 is 15.9 Å². The van der Waals surface area contributed by atoms with Crippen LogP contribution in [-0.4, -0.2) is 0 Å². The Bertz CT molecular complexity index is 1450. The second-order valence-electron chi connectivity index (χ2n) is 8.77. The van der Waals surface area contributed by atoms with Gasteiger partial charge in [0.05, 0.1) is 0 Å². The van der Waals surface area contributed by atoms with E-state index in [2.05, 4.69) is 147 Å². The monoisotopic (exact) mass is 544 g/mol.